The number of rotatable bonds is 8. The maximum Gasteiger partial charge on any atom is 0.525 e. The van der Waals surface area contributed by atoms with E-state index in [0.29, 0.717) is 35.7 Å². The van der Waals surface area contributed by atoms with Crippen LogP contribution in [0.4, 0.5) is 4.39 Å². The Morgan fingerprint density at radius 1 is 1.04 bits per heavy atom. The average molecular weight is 394 g/mol. The van der Waals surface area contributed by atoms with Gasteiger partial charge in [-0.25, -0.2) is 4.39 Å². The number of halogens is 1. The number of benzene rings is 1. The Morgan fingerprint density at radius 2 is 1.61 bits per heavy atom. The molecule has 2 rings (SSSR count). The van der Waals surface area contributed by atoms with Gasteiger partial charge in [0.15, 0.2) is 11.5 Å². The minimum absolute atomic E-state index is 0.0616. The van der Waals surface area contributed by atoms with Gasteiger partial charge in [0.2, 0.25) is 0 Å². The Hall–Kier alpha value is -1.57. The highest BCUT2D eigenvalue weighted by atomic mass is 19.1. The first-order chi connectivity index (χ1) is 13.0. The number of hydrogen-bond donors (Lipinski definition) is 0. The van der Waals surface area contributed by atoms with Gasteiger partial charge in [0.05, 0.1) is 38.1 Å². The van der Waals surface area contributed by atoms with Gasteiger partial charge in [-0.05, 0) is 71.2 Å². The van der Waals surface area contributed by atoms with Gasteiger partial charge in [-0.1, -0.05) is 6.07 Å². The van der Waals surface area contributed by atoms with Crippen LogP contribution in [0.25, 0.3) is 5.57 Å². The van der Waals surface area contributed by atoms with Gasteiger partial charge in [0.25, 0.3) is 0 Å². The summed E-state index contributed by atoms with van der Waals surface area (Å²) in [6.07, 6.45) is 0.440. The van der Waals surface area contributed by atoms with E-state index in [-0.39, 0.29) is 6.10 Å². The molecule has 156 valence electrons. The monoisotopic (exact) mass is 394 g/mol. The van der Waals surface area contributed by atoms with E-state index in [9.17, 15) is 0 Å². The van der Waals surface area contributed by atoms with E-state index in [0.717, 1.165) is 0 Å². The van der Waals surface area contributed by atoms with Gasteiger partial charge in [-0.2, -0.15) is 0 Å². The van der Waals surface area contributed by atoms with E-state index < -0.39 is 24.0 Å². The van der Waals surface area contributed by atoms with Crippen LogP contribution in [0.3, 0.4) is 0 Å². The molecule has 1 fully saturated rings. The molecule has 0 bridgehead atoms. The molecule has 0 radical (unpaired) electrons. The van der Waals surface area contributed by atoms with Crippen LogP contribution in [-0.2, 0) is 14.0 Å². The predicted molar refractivity (Wildman–Crippen MR) is 109 cm³/mol. The zero-order valence-corrected chi connectivity index (χ0v) is 18.2. The summed E-state index contributed by atoms with van der Waals surface area (Å²) in [6.45, 7) is 11.9. The van der Waals surface area contributed by atoms with Crippen molar-refractivity contribution >= 4 is 12.7 Å². The van der Waals surface area contributed by atoms with Gasteiger partial charge in [-0.3, -0.25) is 0 Å². The fourth-order valence-corrected chi connectivity index (χ4v) is 2.91. The molecule has 0 N–H and O–H groups in total. The lowest BCUT2D eigenvalue weighted by atomic mass is 9.81. The molecule has 5 nitrogen and oxygen atoms in total. The van der Waals surface area contributed by atoms with Gasteiger partial charge in [0.1, 0.15) is 5.73 Å². The van der Waals surface area contributed by atoms with Crippen LogP contribution in [-0.4, -0.2) is 45.3 Å². The Morgan fingerprint density at radius 3 is 2.11 bits per heavy atom. The molecule has 1 aromatic rings. The third-order valence-electron chi connectivity index (χ3n) is 5.28. The van der Waals surface area contributed by atoms with Crippen LogP contribution in [0.2, 0.25) is 0 Å². The van der Waals surface area contributed by atoms with E-state index in [1.165, 1.54) is 0 Å². The van der Waals surface area contributed by atoms with Crippen molar-refractivity contribution in [3.63, 3.8) is 0 Å². The Bertz CT molecular complexity index is 699. The van der Waals surface area contributed by atoms with Crippen LogP contribution in [0.1, 0.15) is 53.5 Å². The summed E-state index contributed by atoms with van der Waals surface area (Å²) in [5.41, 5.74) is -0.534. The van der Waals surface area contributed by atoms with Gasteiger partial charge in [-0.15, -0.1) is 0 Å². The molecule has 0 spiro atoms. The lowest BCUT2D eigenvalue weighted by Crippen LogP contribution is -2.41. The molecule has 0 amide bonds. The van der Waals surface area contributed by atoms with E-state index in [1.54, 1.807) is 32.4 Å². The highest BCUT2D eigenvalue weighted by Gasteiger charge is 2.53. The van der Waals surface area contributed by atoms with Gasteiger partial charge >= 0.3 is 7.12 Å². The van der Waals surface area contributed by atoms with Gasteiger partial charge in [0, 0.05) is 0 Å². The summed E-state index contributed by atoms with van der Waals surface area (Å²) in [6, 6.07) is 5.32. The topological polar surface area (TPSA) is 46.2 Å². The van der Waals surface area contributed by atoms with Crippen molar-refractivity contribution < 1.29 is 27.9 Å². The number of ether oxygens (including phenoxy) is 3. The predicted octanol–water partition coefficient (Wildman–Crippen LogP) is 4.83. The quantitative estimate of drug-likeness (QED) is 0.591. The van der Waals surface area contributed by atoms with Crippen molar-refractivity contribution in [2.24, 2.45) is 0 Å². The van der Waals surface area contributed by atoms with Crippen molar-refractivity contribution in [1.29, 1.82) is 0 Å². The number of hydrogen-bond acceptors (Lipinski definition) is 5. The van der Waals surface area contributed by atoms with Crippen molar-refractivity contribution in [3.05, 3.63) is 29.5 Å². The molecular weight excluding hydrogens is 362 g/mol. The fourth-order valence-electron chi connectivity index (χ4n) is 2.91. The third kappa shape index (κ3) is 4.88. The minimum Gasteiger partial charge on any atom is -0.493 e. The summed E-state index contributed by atoms with van der Waals surface area (Å²) < 4.78 is 43.7. The molecule has 1 saturated heterocycles. The summed E-state index contributed by atoms with van der Waals surface area (Å²) in [7, 11) is 2.06. The van der Waals surface area contributed by atoms with Crippen molar-refractivity contribution in [1.82, 2.24) is 0 Å². The van der Waals surface area contributed by atoms with Crippen molar-refractivity contribution in [2.75, 3.05) is 20.8 Å². The molecular formula is C21H32BFO5. The second-order valence-corrected chi connectivity index (χ2v) is 8.15. The zero-order valence-electron chi connectivity index (χ0n) is 18.2. The molecule has 28 heavy (non-hydrogen) atoms. The van der Waals surface area contributed by atoms with E-state index >= 15 is 4.39 Å². The lowest BCUT2D eigenvalue weighted by molar-refractivity contribution is 0.00578. The second kappa shape index (κ2) is 8.85. The lowest BCUT2D eigenvalue weighted by Gasteiger charge is -2.32. The molecule has 7 heteroatoms. The summed E-state index contributed by atoms with van der Waals surface area (Å²) in [5.74, 6) is 1.11. The molecule has 0 atom stereocenters. The van der Waals surface area contributed by atoms with E-state index in [2.05, 4.69) is 0 Å². The minimum atomic E-state index is -1.06. The molecule has 1 aliphatic rings. The van der Waals surface area contributed by atoms with Crippen molar-refractivity contribution in [3.8, 4) is 11.5 Å². The maximum absolute atomic E-state index is 15.6. The second-order valence-electron chi connectivity index (χ2n) is 8.15. The number of methoxy groups -OCH3 is 2. The molecule has 0 aliphatic carbocycles. The maximum atomic E-state index is 15.6. The van der Waals surface area contributed by atoms with Crippen molar-refractivity contribution in [2.45, 2.75) is 65.3 Å². The SMILES string of the molecule is COc1ccc(C(CCOC(C)C)=C(F)B2OC(C)(C)C(C)(C)O2)cc1OC. The van der Waals surface area contributed by atoms with Gasteiger partial charge < -0.3 is 23.5 Å². The van der Waals surface area contributed by atoms with Crippen LogP contribution in [0, 0.1) is 0 Å². The smallest absolute Gasteiger partial charge is 0.493 e. The summed E-state index contributed by atoms with van der Waals surface area (Å²) in [5, 5.41) is 0. The van der Waals surface area contributed by atoms with Crippen LogP contribution in [0.15, 0.2) is 23.9 Å². The molecule has 0 unspecified atom stereocenters. The normalized spacial score (nSPS) is 19.0. The summed E-state index contributed by atoms with van der Waals surface area (Å²) >= 11 is 0. The largest absolute Gasteiger partial charge is 0.525 e. The van der Waals surface area contributed by atoms with Crippen LogP contribution < -0.4 is 9.47 Å². The Kier molecular flexibility index (Phi) is 7.18. The average Bonchev–Trinajstić information content (AvgIpc) is 2.85. The van der Waals surface area contributed by atoms with Crippen LogP contribution >= 0.6 is 0 Å². The van der Waals surface area contributed by atoms with Crippen LogP contribution in [0.5, 0.6) is 11.5 Å². The first kappa shape index (κ1) is 22.7. The third-order valence-corrected chi connectivity index (χ3v) is 5.28. The van der Waals surface area contributed by atoms with E-state index in [4.69, 9.17) is 23.5 Å². The molecule has 0 aromatic heterocycles. The molecule has 1 heterocycles. The Balaban J connectivity index is 2.43. The highest BCUT2D eigenvalue weighted by molar-refractivity contribution is 6.55. The zero-order chi connectivity index (χ0) is 21.1. The standard InChI is InChI=1S/C21H32BFO5/c1-14(2)26-12-11-16(15-9-10-17(24-7)18(13-15)25-8)19(23)22-27-20(3,4)21(5,6)28-22/h9-10,13-14H,11-12H2,1-8H3. The molecule has 1 aliphatic heterocycles. The first-order valence-electron chi connectivity index (χ1n) is 9.60. The molecule has 1 aromatic carbocycles. The summed E-state index contributed by atoms with van der Waals surface area (Å²) in [4.78, 5) is 0. The van der Waals surface area contributed by atoms with E-state index in [1.807, 2.05) is 41.5 Å². The Labute approximate surface area is 168 Å². The highest BCUT2D eigenvalue weighted by Crippen LogP contribution is 2.41. The molecule has 0 saturated carbocycles. The fraction of sp³-hybridized carbons (Fsp3) is 0.619. The first-order valence-corrected chi connectivity index (χ1v) is 9.60.